The van der Waals surface area contributed by atoms with Gasteiger partial charge in [0.05, 0.1) is 12.4 Å². The van der Waals surface area contributed by atoms with Crippen LogP contribution in [0.3, 0.4) is 0 Å². The van der Waals surface area contributed by atoms with E-state index in [-0.39, 0.29) is 0 Å². The van der Waals surface area contributed by atoms with E-state index >= 15 is 0 Å². The van der Waals surface area contributed by atoms with Gasteiger partial charge in [0, 0.05) is 6.16 Å². The van der Waals surface area contributed by atoms with Crippen molar-refractivity contribution in [2.45, 2.75) is 19.6 Å². The highest BCUT2D eigenvalue weighted by molar-refractivity contribution is 7.98. The molecule has 0 saturated heterocycles. The normalized spacial score (nSPS) is 14.9. The largest absolute Gasteiger partial charge is 0.331 e. The van der Waals surface area contributed by atoms with E-state index in [4.69, 9.17) is 9.05 Å². The zero-order chi connectivity index (χ0) is 11.9. The van der Waals surface area contributed by atoms with Gasteiger partial charge in [-0.15, -0.1) is 11.8 Å². The molecule has 1 aromatic heterocycles. The van der Waals surface area contributed by atoms with Crippen molar-refractivity contribution in [2.75, 3.05) is 18.7 Å². The lowest BCUT2D eigenvalue weighted by Crippen LogP contribution is -1.98. The Morgan fingerprint density at radius 2 is 2.31 bits per heavy atom. The van der Waals surface area contributed by atoms with Crippen LogP contribution in [-0.4, -0.2) is 33.9 Å². The molecule has 0 bridgehead atoms. The first kappa shape index (κ1) is 13.7. The highest BCUT2D eigenvalue weighted by Gasteiger charge is 2.20. The maximum absolute atomic E-state index is 11.8. The zero-order valence-corrected chi connectivity index (χ0v) is 11.1. The molecular weight excluding hydrogens is 249 g/mol. The molecule has 0 saturated carbocycles. The second-order valence-electron chi connectivity index (χ2n) is 2.87. The fraction of sp³-hybridized carbons (Fsp3) is 0.750. The van der Waals surface area contributed by atoms with Gasteiger partial charge in [-0.2, -0.15) is 5.10 Å². The Balaban J connectivity index is 2.21. The molecule has 0 aliphatic rings. The first-order valence-electron chi connectivity index (χ1n) is 5.00. The Kier molecular flexibility index (Phi) is 6.05. The summed E-state index contributed by atoms with van der Waals surface area (Å²) in [7, 11) is -2.87. The molecule has 0 fully saturated rings. The maximum Gasteiger partial charge on any atom is 0.331 e. The van der Waals surface area contributed by atoms with Crippen LogP contribution in [-0.2, 0) is 19.4 Å². The van der Waals surface area contributed by atoms with Crippen LogP contribution in [0.1, 0.15) is 19.7 Å². The van der Waals surface area contributed by atoms with Crippen molar-refractivity contribution in [3.05, 3.63) is 12.2 Å². The molecule has 0 aromatic carbocycles. The minimum absolute atomic E-state index is 0.325. The van der Waals surface area contributed by atoms with E-state index in [9.17, 15) is 4.57 Å². The summed E-state index contributed by atoms with van der Waals surface area (Å²) >= 11 is 1.47. The number of aromatic nitrogens is 3. The smallest absolute Gasteiger partial charge is 0.309 e. The van der Waals surface area contributed by atoms with E-state index in [2.05, 4.69) is 15.2 Å². The third-order valence-corrected chi connectivity index (χ3v) is 4.63. The highest BCUT2D eigenvalue weighted by atomic mass is 32.2. The van der Waals surface area contributed by atoms with Gasteiger partial charge in [-0.3, -0.25) is 14.2 Å². The SMILES string of the molecule is CCOP(=O)(CC)OCSCc1ncn[nH]1. The van der Waals surface area contributed by atoms with Crippen molar-refractivity contribution in [1.29, 1.82) is 0 Å². The van der Waals surface area contributed by atoms with Gasteiger partial charge < -0.3 is 4.52 Å². The summed E-state index contributed by atoms with van der Waals surface area (Å²) < 4.78 is 22.2. The quantitative estimate of drug-likeness (QED) is 0.441. The van der Waals surface area contributed by atoms with Crippen LogP contribution >= 0.6 is 19.4 Å². The predicted octanol–water partition coefficient (Wildman–Crippen LogP) is 2.26. The Hall–Kier alpha value is -0.360. The Labute approximate surface area is 99.1 Å². The van der Waals surface area contributed by atoms with Crippen molar-refractivity contribution >= 4 is 19.4 Å². The van der Waals surface area contributed by atoms with E-state index in [1.165, 1.54) is 18.1 Å². The van der Waals surface area contributed by atoms with Gasteiger partial charge in [-0.05, 0) is 6.92 Å². The molecule has 8 heteroatoms. The summed E-state index contributed by atoms with van der Waals surface area (Å²) in [5, 5.41) is 6.46. The summed E-state index contributed by atoms with van der Waals surface area (Å²) in [5.41, 5.74) is 0. The van der Waals surface area contributed by atoms with Crippen LogP contribution in [0.5, 0.6) is 0 Å². The monoisotopic (exact) mass is 265 g/mol. The molecule has 0 radical (unpaired) electrons. The molecule has 92 valence electrons. The van der Waals surface area contributed by atoms with Gasteiger partial charge in [0.1, 0.15) is 18.1 Å². The van der Waals surface area contributed by atoms with Crippen LogP contribution in [0.4, 0.5) is 0 Å². The lowest BCUT2D eigenvalue weighted by molar-refractivity contribution is 0.239. The summed E-state index contributed by atoms with van der Waals surface area (Å²) in [6.45, 7) is 3.99. The van der Waals surface area contributed by atoms with Gasteiger partial charge in [-0.1, -0.05) is 6.92 Å². The molecule has 1 N–H and O–H groups in total. The van der Waals surface area contributed by atoms with E-state index in [1.54, 1.807) is 13.8 Å². The van der Waals surface area contributed by atoms with Crippen molar-refractivity contribution < 1.29 is 13.6 Å². The van der Waals surface area contributed by atoms with Gasteiger partial charge in [0.15, 0.2) is 0 Å². The summed E-state index contributed by atoms with van der Waals surface area (Å²) in [4.78, 5) is 3.96. The van der Waals surface area contributed by atoms with Gasteiger partial charge in [-0.25, -0.2) is 4.98 Å². The van der Waals surface area contributed by atoms with Crippen molar-refractivity contribution in [3.63, 3.8) is 0 Å². The molecule has 16 heavy (non-hydrogen) atoms. The first-order chi connectivity index (χ1) is 7.70. The number of nitrogens with one attached hydrogen (secondary N) is 1. The molecule has 1 rings (SSSR count). The molecule has 0 aliphatic heterocycles. The summed E-state index contributed by atoms with van der Waals surface area (Å²) in [6.07, 6.45) is 1.84. The topological polar surface area (TPSA) is 77.1 Å². The van der Waals surface area contributed by atoms with Crippen molar-refractivity contribution in [1.82, 2.24) is 15.2 Å². The van der Waals surface area contributed by atoms with Crippen LogP contribution in [0.2, 0.25) is 0 Å². The minimum atomic E-state index is -2.87. The third kappa shape index (κ3) is 4.65. The molecule has 1 unspecified atom stereocenters. The standard InChI is InChI=1S/C8H16N3O3PS/c1-3-13-15(12,4-2)14-7-16-5-8-9-6-10-11-8/h6H,3-5,7H2,1-2H3,(H,9,10,11). The van der Waals surface area contributed by atoms with Crippen LogP contribution in [0, 0.1) is 0 Å². The minimum Gasteiger partial charge on any atom is -0.309 e. The molecule has 1 aromatic rings. The average molecular weight is 265 g/mol. The van der Waals surface area contributed by atoms with E-state index in [1.807, 2.05) is 0 Å². The number of thioether (sulfide) groups is 1. The van der Waals surface area contributed by atoms with E-state index in [0.29, 0.717) is 24.5 Å². The van der Waals surface area contributed by atoms with Crippen LogP contribution in [0.15, 0.2) is 6.33 Å². The van der Waals surface area contributed by atoms with Crippen molar-refractivity contribution in [3.8, 4) is 0 Å². The second-order valence-corrected chi connectivity index (χ2v) is 6.18. The lowest BCUT2D eigenvalue weighted by Gasteiger charge is -2.15. The highest BCUT2D eigenvalue weighted by Crippen LogP contribution is 2.48. The number of nitrogens with zero attached hydrogens (tertiary/aromatic N) is 2. The summed E-state index contributed by atoms with van der Waals surface area (Å²) in [6, 6.07) is 0. The molecule has 0 spiro atoms. The lowest BCUT2D eigenvalue weighted by atomic mass is 10.7. The van der Waals surface area contributed by atoms with Gasteiger partial charge >= 0.3 is 7.60 Å². The second kappa shape index (κ2) is 7.06. The Morgan fingerprint density at radius 3 is 2.88 bits per heavy atom. The predicted molar refractivity (Wildman–Crippen MR) is 63.4 cm³/mol. The number of rotatable bonds is 8. The molecular formula is C8H16N3O3PS. The summed E-state index contributed by atoms with van der Waals surface area (Å²) in [5.74, 6) is 1.75. The molecule has 0 amide bonds. The third-order valence-electron chi connectivity index (χ3n) is 1.75. The zero-order valence-electron chi connectivity index (χ0n) is 9.38. The van der Waals surface area contributed by atoms with Gasteiger partial charge in [0.25, 0.3) is 0 Å². The first-order valence-corrected chi connectivity index (χ1v) is 7.88. The average Bonchev–Trinajstić information content (AvgIpc) is 2.78. The fourth-order valence-corrected chi connectivity index (χ4v) is 3.16. The number of hydrogen-bond donors (Lipinski definition) is 1. The van der Waals surface area contributed by atoms with E-state index < -0.39 is 7.60 Å². The maximum atomic E-state index is 11.8. The number of hydrogen-bond acceptors (Lipinski definition) is 6. The van der Waals surface area contributed by atoms with E-state index in [0.717, 1.165) is 5.82 Å². The molecule has 6 nitrogen and oxygen atoms in total. The van der Waals surface area contributed by atoms with Gasteiger partial charge in [0.2, 0.25) is 0 Å². The van der Waals surface area contributed by atoms with Crippen LogP contribution in [0.25, 0.3) is 0 Å². The molecule has 0 aliphatic carbocycles. The van der Waals surface area contributed by atoms with Crippen molar-refractivity contribution in [2.24, 2.45) is 0 Å². The molecule has 1 atom stereocenters. The fourth-order valence-electron chi connectivity index (χ4n) is 0.973. The Morgan fingerprint density at radius 1 is 1.50 bits per heavy atom. The number of aromatic amines is 1. The number of H-pyrrole nitrogens is 1. The Bertz CT molecular complexity index is 333. The van der Waals surface area contributed by atoms with Crippen LogP contribution < -0.4 is 0 Å². The molecule has 1 heterocycles.